The van der Waals surface area contributed by atoms with Gasteiger partial charge in [-0.1, -0.05) is 18.2 Å². The van der Waals surface area contributed by atoms with E-state index in [9.17, 15) is 30.7 Å². The highest BCUT2D eigenvalue weighted by Crippen LogP contribution is 2.36. The van der Waals surface area contributed by atoms with Crippen molar-refractivity contribution in [3.05, 3.63) is 48.0 Å². The van der Waals surface area contributed by atoms with Crippen LogP contribution in [0, 0.1) is 5.95 Å². The lowest BCUT2D eigenvalue weighted by Gasteiger charge is -2.14. The molecule has 0 N–H and O–H groups in total. The summed E-state index contributed by atoms with van der Waals surface area (Å²) in [6, 6.07) is 5.66. The highest BCUT2D eigenvalue weighted by molar-refractivity contribution is 5.70. The smallest absolute Gasteiger partial charge is 0.405 e. The number of hydrogen-bond donors (Lipinski definition) is 0. The van der Waals surface area contributed by atoms with Gasteiger partial charge < -0.3 is 4.74 Å². The van der Waals surface area contributed by atoms with Crippen LogP contribution in [0.5, 0.6) is 5.75 Å². The molecule has 1 aromatic carbocycles. The zero-order valence-electron chi connectivity index (χ0n) is 10.5. The fourth-order valence-electron chi connectivity index (χ4n) is 1.70. The molecule has 0 aliphatic rings. The summed E-state index contributed by atoms with van der Waals surface area (Å²) in [6.45, 7) is 0. The number of alkyl halides is 6. The van der Waals surface area contributed by atoms with E-state index in [2.05, 4.69) is 9.72 Å². The van der Waals surface area contributed by atoms with Gasteiger partial charge in [0.25, 0.3) is 0 Å². The summed E-state index contributed by atoms with van der Waals surface area (Å²) in [4.78, 5) is 2.73. The second-order valence-corrected chi connectivity index (χ2v) is 4.08. The van der Waals surface area contributed by atoms with Crippen molar-refractivity contribution in [1.82, 2.24) is 4.98 Å². The van der Waals surface area contributed by atoms with Crippen molar-refractivity contribution >= 4 is 0 Å². The first kappa shape index (κ1) is 16.1. The van der Waals surface area contributed by atoms with Gasteiger partial charge in [0.1, 0.15) is 11.4 Å². The molecule has 2 aromatic rings. The van der Waals surface area contributed by atoms with E-state index < -0.39 is 35.5 Å². The number of para-hydroxylation sites is 1. The van der Waals surface area contributed by atoms with Crippen LogP contribution in [0.15, 0.2) is 36.4 Å². The maximum Gasteiger partial charge on any atom is 0.573 e. The summed E-state index contributed by atoms with van der Waals surface area (Å²) >= 11 is 0. The Labute approximate surface area is 119 Å². The zero-order valence-corrected chi connectivity index (χ0v) is 10.5. The quantitative estimate of drug-likeness (QED) is 0.584. The minimum atomic E-state index is -5.02. The number of rotatable bonds is 2. The Morgan fingerprint density at radius 2 is 1.45 bits per heavy atom. The van der Waals surface area contributed by atoms with Crippen LogP contribution in [0.1, 0.15) is 5.69 Å². The Kier molecular flexibility index (Phi) is 3.99. The molecule has 2 nitrogen and oxygen atoms in total. The Morgan fingerprint density at radius 3 is 2.00 bits per heavy atom. The number of aromatic nitrogens is 1. The topological polar surface area (TPSA) is 22.1 Å². The van der Waals surface area contributed by atoms with Gasteiger partial charge in [0.15, 0.2) is 0 Å². The van der Waals surface area contributed by atoms with Gasteiger partial charge in [-0.05, 0) is 18.2 Å². The molecule has 0 saturated carbocycles. The van der Waals surface area contributed by atoms with E-state index in [1.165, 1.54) is 12.1 Å². The molecule has 0 saturated heterocycles. The Morgan fingerprint density at radius 1 is 0.818 bits per heavy atom. The van der Waals surface area contributed by atoms with E-state index in [-0.39, 0.29) is 5.56 Å². The number of hydrogen-bond acceptors (Lipinski definition) is 2. The largest absolute Gasteiger partial charge is 0.573 e. The summed E-state index contributed by atoms with van der Waals surface area (Å²) in [6.07, 6.45) is -9.88. The minimum absolute atomic E-state index is 0.362. The van der Waals surface area contributed by atoms with Crippen molar-refractivity contribution in [2.24, 2.45) is 0 Å². The molecule has 1 heterocycles. The van der Waals surface area contributed by atoms with Crippen molar-refractivity contribution in [1.29, 1.82) is 0 Å². The van der Waals surface area contributed by atoms with Crippen LogP contribution in [0.2, 0.25) is 0 Å². The van der Waals surface area contributed by atoms with Crippen LogP contribution in [-0.2, 0) is 6.18 Å². The summed E-state index contributed by atoms with van der Waals surface area (Å²) in [5, 5.41) is 0. The molecule has 0 spiro atoms. The molecule has 0 amide bonds. The first-order valence-electron chi connectivity index (χ1n) is 5.67. The number of nitrogens with zero attached hydrogens (tertiary/aromatic N) is 1. The van der Waals surface area contributed by atoms with Gasteiger partial charge in [0.05, 0.1) is 0 Å². The maximum absolute atomic E-state index is 13.7. The third-order valence-corrected chi connectivity index (χ3v) is 2.54. The van der Waals surface area contributed by atoms with Gasteiger partial charge in [-0.2, -0.15) is 17.6 Å². The summed E-state index contributed by atoms with van der Waals surface area (Å²) < 4.78 is 91.5. The Bertz CT molecular complexity index is 679. The van der Waals surface area contributed by atoms with Gasteiger partial charge >= 0.3 is 12.5 Å². The molecule has 0 aliphatic carbocycles. The summed E-state index contributed by atoms with van der Waals surface area (Å²) in [7, 11) is 0. The number of benzene rings is 1. The van der Waals surface area contributed by atoms with Crippen LogP contribution < -0.4 is 4.74 Å². The van der Waals surface area contributed by atoms with Crippen molar-refractivity contribution in [2.45, 2.75) is 12.5 Å². The highest BCUT2D eigenvalue weighted by atomic mass is 19.4. The van der Waals surface area contributed by atoms with E-state index in [1.54, 1.807) is 0 Å². The standard InChI is InChI=1S/C13H6F7NO/c14-11-8(5-6-10(21-11)12(15,16)17)7-3-1-2-4-9(7)22-13(18,19)20/h1-6H. The van der Waals surface area contributed by atoms with E-state index in [0.29, 0.717) is 12.1 Å². The molecule has 0 unspecified atom stereocenters. The Hall–Kier alpha value is -2.32. The fraction of sp³-hybridized carbons (Fsp3) is 0.154. The molecule has 9 heteroatoms. The molecule has 0 aliphatic heterocycles. The van der Waals surface area contributed by atoms with Crippen LogP contribution in [0.25, 0.3) is 11.1 Å². The monoisotopic (exact) mass is 325 g/mol. The molecular weight excluding hydrogens is 319 g/mol. The van der Waals surface area contributed by atoms with E-state index in [1.807, 2.05) is 0 Å². The fourth-order valence-corrected chi connectivity index (χ4v) is 1.70. The van der Waals surface area contributed by atoms with Crippen molar-refractivity contribution in [3.8, 4) is 16.9 Å². The molecule has 118 valence electrons. The predicted molar refractivity (Wildman–Crippen MR) is 61.3 cm³/mol. The third-order valence-electron chi connectivity index (χ3n) is 2.54. The number of halogens is 7. The molecule has 22 heavy (non-hydrogen) atoms. The normalized spacial score (nSPS) is 12.3. The molecule has 2 rings (SSSR count). The molecule has 0 fully saturated rings. The highest BCUT2D eigenvalue weighted by Gasteiger charge is 2.34. The van der Waals surface area contributed by atoms with Crippen molar-refractivity contribution in [3.63, 3.8) is 0 Å². The first-order chi connectivity index (χ1) is 10.1. The van der Waals surface area contributed by atoms with Gasteiger partial charge in [-0.3, -0.25) is 0 Å². The third kappa shape index (κ3) is 3.66. The molecule has 0 radical (unpaired) electrons. The van der Waals surface area contributed by atoms with Gasteiger partial charge in [0.2, 0.25) is 5.95 Å². The lowest BCUT2D eigenvalue weighted by atomic mass is 10.1. The van der Waals surface area contributed by atoms with Crippen LogP contribution in [0.4, 0.5) is 30.7 Å². The van der Waals surface area contributed by atoms with Crippen LogP contribution in [0.3, 0.4) is 0 Å². The second-order valence-electron chi connectivity index (χ2n) is 4.08. The van der Waals surface area contributed by atoms with Crippen LogP contribution in [-0.4, -0.2) is 11.3 Å². The van der Waals surface area contributed by atoms with Gasteiger partial charge in [0, 0.05) is 11.1 Å². The SMILES string of the molecule is Fc1nc(C(F)(F)F)ccc1-c1ccccc1OC(F)(F)F. The number of pyridine rings is 1. The predicted octanol–water partition coefficient (Wildman–Crippen LogP) is 4.81. The first-order valence-corrected chi connectivity index (χ1v) is 5.67. The molecule has 1 aromatic heterocycles. The molecule has 0 atom stereocenters. The summed E-state index contributed by atoms with van der Waals surface area (Å²) in [5.74, 6) is -2.29. The van der Waals surface area contributed by atoms with E-state index in [0.717, 1.165) is 12.1 Å². The molecule has 0 bridgehead atoms. The average molecular weight is 325 g/mol. The van der Waals surface area contributed by atoms with Gasteiger partial charge in [-0.15, -0.1) is 13.2 Å². The molecular formula is C13H6F7NO. The number of ether oxygens (including phenoxy) is 1. The van der Waals surface area contributed by atoms with Crippen molar-refractivity contribution < 1.29 is 35.5 Å². The lowest BCUT2D eigenvalue weighted by molar-refractivity contribution is -0.274. The Balaban J connectivity index is 2.49. The maximum atomic E-state index is 13.7. The minimum Gasteiger partial charge on any atom is -0.405 e. The average Bonchev–Trinajstić information content (AvgIpc) is 2.37. The van der Waals surface area contributed by atoms with Crippen LogP contribution >= 0.6 is 0 Å². The lowest BCUT2D eigenvalue weighted by Crippen LogP contribution is -2.17. The van der Waals surface area contributed by atoms with Gasteiger partial charge in [-0.25, -0.2) is 4.98 Å². The second kappa shape index (κ2) is 5.47. The summed E-state index contributed by atoms with van der Waals surface area (Å²) in [5.41, 5.74) is -2.38. The van der Waals surface area contributed by atoms with Crippen molar-refractivity contribution in [2.75, 3.05) is 0 Å². The zero-order chi connectivity index (χ0) is 16.5. The van der Waals surface area contributed by atoms with E-state index in [4.69, 9.17) is 0 Å². The van der Waals surface area contributed by atoms with E-state index >= 15 is 0 Å².